The number of carboxylic acid groups (broad SMARTS) is 1. The number of carbonyl (C=O) groups is 1. The van der Waals surface area contributed by atoms with Crippen molar-refractivity contribution < 1.29 is 9.90 Å². The lowest BCUT2D eigenvalue weighted by molar-refractivity contribution is -0.142. The van der Waals surface area contributed by atoms with Crippen molar-refractivity contribution in [1.82, 2.24) is 9.97 Å². The van der Waals surface area contributed by atoms with Gasteiger partial charge in [0.25, 0.3) is 0 Å². The Morgan fingerprint density at radius 2 is 2.05 bits per heavy atom. The van der Waals surface area contributed by atoms with Gasteiger partial charge in [-0.3, -0.25) is 4.79 Å². The Morgan fingerprint density at radius 1 is 1.30 bits per heavy atom. The zero-order chi connectivity index (χ0) is 13.9. The number of aliphatic carboxylic acids is 1. The Morgan fingerprint density at radius 3 is 2.70 bits per heavy atom. The van der Waals surface area contributed by atoms with Crippen LogP contribution < -0.4 is 10.2 Å². The first-order chi connectivity index (χ1) is 9.72. The molecule has 0 radical (unpaired) electrons. The van der Waals surface area contributed by atoms with E-state index in [2.05, 4.69) is 20.2 Å². The van der Waals surface area contributed by atoms with E-state index in [4.69, 9.17) is 5.11 Å². The van der Waals surface area contributed by atoms with Crippen LogP contribution >= 0.6 is 0 Å². The van der Waals surface area contributed by atoms with E-state index in [1.165, 1.54) is 12.8 Å². The summed E-state index contributed by atoms with van der Waals surface area (Å²) in [5.41, 5.74) is 0. The highest BCUT2D eigenvalue weighted by Crippen LogP contribution is 2.29. The van der Waals surface area contributed by atoms with Crippen molar-refractivity contribution in [2.24, 2.45) is 11.8 Å². The van der Waals surface area contributed by atoms with Crippen molar-refractivity contribution in [2.75, 3.05) is 29.9 Å². The van der Waals surface area contributed by atoms with Gasteiger partial charge in [0.05, 0.1) is 5.92 Å². The molecule has 2 N–H and O–H groups in total. The van der Waals surface area contributed by atoms with Gasteiger partial charge < -0.3 is 15.3 Å². The van der Waals surface area contributed by atoms with Crippen LogP contribution in [0.1, 0.15) is 25.7 Å². The first kappa shape index (κ1) is 13.1. The fourth-order valence-corrected chi connectivity index (χ4v) is 2.54. The van der Waals surface area contributed by atoms with Crippen molar-refractivity contribution in [3.8, 4) is 0 Å². The molecule has 1 saturated heterocycles. The van der Waals surface area contributed by atoms with Crippen molar-refractivity contribution in [2.45, 2.75) is 25.7 Å². The van der Waals surface area contributed by atoms with Gasteiger partial charge >= 0.3 is 5.97 Å². The smallest absolute Gasteiger partial charge is 0.306 e. The van der Waals surface area contributed by atoms with E-state index in [0.717, 1.165) is 37.2 Å². The van der Waals surface area contributed by atoms with Crippen molar-refractivity contribution in [3.05, 3.63) is 12.4 Å². The molecule has 0 spiro atoms. The molecule has 1 aliphatic heterocycles. The number of nitrogens with zero attached hydrogens (tertiary/aromatic N) is 3. The maximum Gasteiger partial charge on any atom is 0.306 e. The van der Waals surface area contributed by atoms with E-state index in [9.17, 15) is 4.79 Å². The minimum Gasteiger partial charge on any atom is -0.481 e. The molecule has 1 aromatic rings. The van der Waals surface area contributed by atoms with Crippen LogP contribution in [-0.2, 0) is 4.79 Å². The van der Waals surface area contributed by atoms with Gasteiger partial charge in [-0.15, -0.1) is 0 Å². The van der Waals surface area contributed by atoms with Gasteiger partial charge in [-0.2, -0.15) is 0 Å². The summed E-state index contributed by atoms with van der Waals surface area (Å²) < 4.78 is 0. The van der Waals surface area contributed by atoms with Gasteiger partial charge in [0.15, 0.2) is 0 Å². The van der Waals surface area contributed by atoms with E-state index < -0.39 is 5.97 Å². The quantitative estimate of drug-likeness (QED) is 0.850. The van der Waals surface area contributed by atoms with E-state index in [-0.39, 0.29) is 5.92 Å². The summed E-state index contributed by atoms with van der Waals surface area (Å²) in [7, 11) is 0. The van der Waals surface area contributed by atoms with Crippen LogP contribution in [0.25, 0.3) is 0 Å². The normalized spacial score (nSPS) is 19.9. The summed E-state index contributed by atoms with van der Waals surface area (Å²) in [5, 5.41) is 12.4. The van der Waals surface area contributed by atoms with Crippen molar-refractivity contribution in [3.63, 3.8) is 0 Å². The molecule has 1 aromatic heterocycles. The zero-order valence-electron chi connectivity index (χ0n) is 11.5. The molecule has 6 heteroatoms. The lowest BCUT2D eigenvalue weighted by Gasteiger charge is -2.31. The second-order valence-electron chi connectivity index (χ2n) is 5.69. The lowest BCUT2D eigenvalue weighted by atomic mass is 9.97. The highest BCUT2D eigenvalue weighted by Gasteiger charge is 2.25. The molecule has 2 fully saturated rings. The zero-order valence-corrected chi connectivity index (χ0v) is 11.5. The average molecular weight is 276 g/mol. The Hall–Kier alpha value is -1.85. The average Bonchev–Trinajstić information content (AvgIpc) is 3.30. The van der Waals surface area contributed by atoms with Gasteiger partial charge in [0.1, 0.15) is 18.0 Å². The molecule has 2 aliphatic rings. The Labute approximate surface area is 118 Å². The van der Waals surface area contributed by atoms with E-state index >= 15 is 0 Å². The van der Waals surface area contributed by atoms with E-state index in [1.54, 1.807) is 6.33 Å². The fraction of sp³-hybridized carbons (Fsp3) is 0.643. The molecule has 1 aliphatic carbocycles. The van der Waals surface area contributed by atoms with Crippen LogP contribution in [0.3, 0.4) is 0 Å². The maximum absolute atomic E-state index is 11.0. The number of nitrogens with one attached hydrogen (secondary N) is 1. The summed E-state index contributed by atoms with van der Waals surface area (Å²) in [6.45, 7) is 2.48. The topological polar surface area (TPSA) is 78.4 Å². The number of anilines is 2. The third-order valence-corrected chi connectivity index (χ3v) is 4.09. The predicted octanol–water partition coefficient (Wildman–Crippen LogP) is 1.60. The van der Waals surface area contributed by atoms with Crippen LogP contribution in [0.4, 0.5) is 11.6 Å². The summed E-state index contributed by atoms with van der Waals surface area (Å²) in [6.07, 6.45) is 5.57. The Balaban J connectivity index is 1.59. The molecule has 3 rings (SSSR count). The van der Waals surface area contributed by atoms with Crippen LogP contribution in [0.15, 0.2) is 12.4 Å². The molecule has 2 heterocycles. The molecule has 108 valence electrons. The number of hydrogen-bond donors (Lipinski definition) is 2. The van der Waals surface area contributed by atoms with Crippen LogP contribution in [0, 0.1) is 11.8 Å². The number of rotatable bonds is 5. The summed E-state index contributed by atoms with van der Waals surface area (Å²) >= 11 is 0. The molecule has 0 atom stereocenters. The van der Waals surface area contributed by atoms with E-state index in [0.29, 0.717) is 12.8 Å². The van der Waals surface area contributed by atoms with Gasteiger partial charge in [0, 0.05) is 25.7 Å². The maximum atomic E-state index is 11.0. The highest BCUT2D eigenvalue weighted by atomic mass is 16.4. The number of aromatic nitrogens is 2. The van der Waals surface area contributed by atoms with Crippen molar-refractivity contribution >= 4 is 17.6 Å². The first-order valence-electron chi connectivity index (χ1n) is 7.26. The lowest BCUT2D eigenvalue weighted by Crippen LogP contribution is -2.36. The van der Waals surface area contributed by atoms with E-state index in [1.807, 2.05) is 6.07 Å². The number of piperidine rings is 1. The second kappa shape index (κ2) is 5.64. The Kier molecular flexibility index (Phi) is 3.71. The summed E-state index contributed by atoms with van der Waals surface area (Å²) in [6, 6.07) is 1.96. The highest BCUT2D eigenvalue weighted by molar-refractivity contribution is 5.70. The standard InChI is InChI=1S/C14H20N4O2/c19-14(20)11-3-5-18(6-4-11)13-7-12(16-9-17-13)15-8-10-1-2-10/h7,9-11H,1-6,8H2,(H,19,20)(H,15,16,17). The minimum atomic E-state index is -0.681. The molecule has 0 unspecified atom stereocenters. The first-order valence-corrected chi connectivity index (χ1v) is 7.26. The van der Waals surface area contributed by atoms with Crippen molar-refractivity contribution in [1.29, 1.82) is 0 Å². The van der Waals surface area contributed by atoms with Crippen LogP contribution in [0.2, 0.25) is 0 Å². The molecule has 20 heavy (non-hydrogen) atoms. The van der Waals surface area contributed by atoms with Gasteiger partial charge in [-0.1, -0.05) is 0 Å². The molecule has 0 bridgehead atoms. The minimum absolute atomic E-state index is 0.208. The van der Waals surface area contributed by atoms with Gasteiger partial charge in [0.2, 0.25) is 0 Å². The molecule has 0 amide bonds. The summed E-state index contributed by atoms with van der Waals surface area (Å²) in [4.78, 5) is 21.6. The van der Waals surface area contributed by atoms with Gasteiger partial charge in [-0.05, 0) is 31.6 Å². The number of carboxylic acids is 1. The Bertz CT molecular complexity index is 482. The van der Waals surface area contributed by atoms with Gasteiger partial charge in [-0.25, -0.2) is 9.97 Å². The second-order valence-corrected chi connectivity index (χ2v) is 5.69. The predicted molar refractivity (Wildman–Crippen MR) is 75.8 cm³/mol. The molecule has 6 nitrogen and oxygen atoms in total. The molecular formula is C14H20N4O2. The molecule has 1 saturated carbocycles. The third kappa shape index (κ3) is 3.18. The fourth-order valence-electron chi connectivity index (χ4n) is 2.54. The third-order valence-electron chi connectivity index (χ3n) is 4.09. The van der Waals surface area contributed by atoms with Crippen LogP contribution in [0.5, 0.6) is 0 Å². The summed E-state index contributed by atoms with van der Waals surface area (Å²) in [5.74, 6) is 1.67. The SMILES string of the molecule is O=C(O)C1CCN(c2cc(NCC3CC3)ncn2)CC1. The monoisotopic (exact) mass is 276 g/mol. The number of hydrogen-bond acceptors (Lipinski definition) is 5. The largest absolute Gasteiger partial charge is 0.481 e. The molecule has 0 aromatic carbocycles. The molecular weight excluding hydrogens is 256 g/mol. The van der Waals surface area contributed by atoms with Crippen LogP contribution in [-0.4, -0.2) is 40.7 Å².